The summed E-state index contributed by atoms with van der Waals surface area (Å²) in [6.07, 6.45) is 11.4. The van der Waals surface area contributed by atoms with Gasteiger partial charge < -0.3 is 35.1 Å². The molecule has 0 unspecified atom stereocenters. The number of aryl methyl sites for hydroxylation is 2. The first-order chi connectivity index (χ1) is 34.4. The van der Waals surface area contributed by atoms with Crippen LogP contribution in [0.4, 0.5) is 41.1 Å². The number of nitrogens with zero attached hydrogens (tertiary/aromatic N) is 18. The number of amides is 1. The summed E-state index contributed by atoms with van der Waals surface area (Å²) in [5, 5.41) is 11.6. The second-order valence-electron chi connectivity index (χ2n) is 16.8. The third-order valence-electron chi connectivity index (χ3n) is 11.5. The number of aromatic nitrogens is 16. The van der Waals surface area contributed by atoms with Gasteiger partial charge in [-0.1, -0.05) is 7.43 Å². The summed E-state index contributed by atoms with van der Waals surface area (Å²) in [6.45, 7) is 1.46. The van der Waals surface area contributed by atoms with Gasteiger partial charge in [0.25, 0.3) is 23.0 Å². The number of carboxylic acid groups (broad SMARTS) is 1. The van der Waals surface area contributed by atoms with Crippen LogP contribution in [-0.2, 0) is 37.8 Å². The van der Waals surface area contributed by atoms with Gasteiger partial charge in [-0.2, -0.15) is 0 Å². The van der Waals surface area contributed by atoms with Gasteiger partial charge in [-0.15, -0.1) is 0 Å². The Morgan fingerprint density at radius 3 is 1.43 bits per heavy atom. The highest BCUT2D eigenvalue weighted by atomic mass is 19.3. The predicted molar refractivity (Wildman–Crippen MR) is 258 cm³/mol. The molecule has 0 spiro atoms. The Hall–Kier alpha value is -9.32. The minimum atomic E-state index is -2.73. The standard InChI is InChI=1S/C21H20F2N10O3.C11H10F2N6.C10H12N4O4.CH4/c1-11(33-10-27-16-14(33)18(35)31(3)20(36)30(16)2)17(34)29-13-4-5-24-15(28-13)12-6-25-19(26-7-12)32-8-21(22,23)9-32;12-11(13)5-19(6-11)10-16-3-7(4-17-10)9-15-2-1-8(14)18-9;1-5(9(16)17)14-4-11-7-6(14)8(15)13(3)10(18)12(7)2;/h4-7,10-11H,8-9H2,1-3H3,(H,24,28,29,34);1-4H,5-6H2,(H2,14,15,18);4-5H,1-3H3,(H,16,17);1H4/t11-;;5-;/m0.0./s1. The molecule has 388 valence electrons. The maximum atomic E-state index is 13.1. The first-order valence-corrected chi connectivity index (χ1v) is 21.6. The third kappa shape index (κ3) is 10.2. The number of fused-ring (bicyclic) bond motifs is 2. The van der Waals surface area contributed by atoms with Gasteiger partial charge in [0, 0.05) is 65.4 Å². The van der Waals surface area contributed by atoms with Crippen molar-refractivity contribution in [2.75, 3.05) is 47.0 Å². The van der Waals surface area contributed by atoms with Crippen LogP contribution in [0, 0.1) is 0 Å². The van der Waals surface area contributed by atoms with E-state index in [0.717, 1.165) is 9.13 Å². The van der Waals surface area contributed by atoms with E-state index in [0.29, 0.717) is 22.8 Å². The van der Waals surface area contributed by atoms with Gasteiger partial charge in [0.1, 0.15) is 23.7 Å². The van der Waals surface area contributed by atoms with Gasteiger partial charge >= 0.3 is 17.3 Å². The van der Waals surface area contributed by atoms with Crippen molar-refractivity contribution in [1.29, 1.82) is 0 Å². The molecule has 0 radical (unpaired) electrons. The number of rotatable bonds is 9. The summed E-state index contributed by atoms with van der Waals surface area (Å²) in [6, 6.07) is 1.26. The van der Waals surface area contributed by atoms with Crippen LogP contribution in [0.2, 0.25) is 0 Å². The minimum absolute atomic E-state index is 0. The summed E-state index contributed by atoms with van der Waals surface area (Å²) < 4.78 is 58.6. The van der Waals surface area contributed by atoms with Crippen LogP contribution in [-0.4, -0.2) is 132 Å². The molecule has 10 heterocycles. The van der Waals surface area contributed by atoms with Crippen LogP contribution >= 0.6 is 0 Å². The average molecular weight is 1030 g/mol. The Labute approximate surface area is 413 Å². The molecular weight excluding hydrogens is 985 g/mol. The molecule has 4 N–H and O–H groups in total. The Kier molecular flexibility index (Phi) is 14.2. The first kappa shape index (κ1) is 52.5. The van der Waals surface area contributed by atoms with E-state index in [9.17, 15) is 46.3 Å². The van der Waals surface area contributed by atoms with E-state index < -0.39 is 71.4 Å². The molecule has 74 heavy (non-hydrogen) atoms. The normalized spacial score (nSPS) is 15.1. The van der Waals surface area contributed by atoms with Crippen molar-refractivity contribution >= 4 is 57.7 Å². The van der Waals surface area contributed by atoms with Crippen molar-refractivity contribution in [3.8, 4) is 22.8 Å². The fourth-order valence-corrected chi connectivity index (χ4v) is 7.38. The van der Waals surface area contributed by atoms with E-state index in [4.69, 9.17) is 10.8 Å². The SMILES string of the molecule is C.C[C@@H](C(=O)Nc1ccnc(-c2cnc(N3CC(F)(F)C3)nc2)n1)n1cnc2c1c(=O)n(C)c(=O)n2C.C[C@@H](C(=O)O)n1cnc2c1c(=O)n(C)c(=O)n2C.Nc1ccnc(-c2cnc(N3CC(F)(F)C3)nc2)n1. The summed E-state index contributed by atoms with van der Waals surface area (Å²) in [5.41, 5.74) is 4.98. The zero-order valence-electron chi connectivity index (χ0n) is 39.3. The molecule has 2 fully saturated rings. The van der Waals surface area contributed by atoms with Gasteiger partial charge in [-0.3, -0.25) is 32.7 Å². The maximum absolute atomic E-state index is 13.1. The fraction of sp³-hybridized carbons (Fsp3) is 0.349. The lowest BCUT2D eigenvalue weighted by atomic mass is 10.2. The Morgan fingerprint density at radius 2 is 1.03 bits per heavy atom. The summed E-state index contributed by atoms with van der Waals surface area (Å²) >= 11 is 0. The number of halogens is 4. The van der Waals surface area contributed by atoms with Crippen molar-refractivity contribution in [1.82, 2.24) is 77.2 Å². The second-order valence-corrected chi connectivity index (χ2v) is 16.8. The number of imidazole rings is 2. The first-order valence-electron chi connectivity index (χ1n) is 21.6. The van der Waals surface area contributed by atoms with E-state index in [1.165, 1.54) is 119 Å². The lowest BCUT2D eigenvalue weighted by molar-refractivity contribution is -0.140. The van der Waals surface area contributed by atoms with Crippen LogP contribution in [0.15, 0.2) is 81.1 Å². The van der Waals surface area contributed by atoms with Gasteiger partial charge in [0.05, 0.1) is 50.0 Å². The number of alkyl halides is 4. The number of hydrogen-bond acceptors (Lipinski definition) is 19. The molecule has 8 aromatic heterocycles. The number of nitrogen functional groups attached to an aromatic ring is 1. The topological polar surface area (TPSA) is 326 Å². The van der Waals surface area contributed by atoms with Gasteiger partial charge in [-0.05, 0) is 26.0 Å². The summed E-state index contributed by atoms with van der Waals surface area (Å²) in [7, 11) is 5.66. The van der Waals surface area contributed by atoms with E-state index in [1.54, 1.807) is 13.0 Å². The Bertz CT molecular complexity index is 3670. The number of carbonyl (C=O) groups excluding carboxylic acids is 1. The largest absolute Gasteiger partial charge is 0.480 e. The number of carbonyl (C=O) groups is 2. The number of carboxylic acids is 1. The molecule has 27 nitrogen and oxygen atoms in total. The minimum Gasteiger partial charge on any atom is -0.480 e. The van der Waals surface area contributed by atoms with E-state index in [-0.39, 0.29) is 66.4 Å². The molecule has 0 saturated carbocycles. The molecule has 8 aromatic rings. The van der Waals surface area contributed by atoms with Crippen molar-refractivity contribution in [3.63, 3.8) is 0 Å². The van der Waals surface area contributed by atoms with Crippen LogP contribution in [0.25, 0.3) is 45.1 Å². The molecule has 0 aromatic carbocycles. The third-order valence-corrected chi connectivity index (χ3v) is 11.5. The smallest absolute Gasteiger partial charge is 0.332 e. The molecule has 0 aliphatic carbocycles. The Morgan fingerprint density at radius 1 is 0.622 bits per heavy atom. The number of anilines is 4. The van der Waals surface area contributed by atoms with Crippen molar-refractivity contribution in [3.05, 3.63) is 104 Å². The number of aliphatic carboxylic acids is 1. The molecular formula is C43H46F4N20O7. The summed E-state index contributed by atoms with van der Waals surface area (Å²) in [5.74, 6) is -5.33. The second kappa shape index (κ2) is 20.1. The molecule has 1 amide bonds. The van der Waals surface area contributed by atoms with Crippen LogP contribution in [0.5, 0.6) is 0 Å². The molecule has 2 atom stereocenters. The number of nitrogens with two attached hydrogens (primary N) is 1. The van der Waals surface area contributed by atoms with Crippen LogP contribution < -0.4 is 43.3 Å². The van der Waals surface area contributed by atoms with Crippen LogP contribution in [0.1, 0.15) is 33.4 Å². The molecule has 10 rings (SSSR count). The highest BCUT2D eigenvalue weighted by molar-refractivity contribution is 5.93. The lowest BCUT2D eigenvalue weighted by Crippen LogP contribution is -2.57. The maximum Gasteiger partial charge on any atom is 0.332 e. The van der Waals surface area contributed by atoms with Gasteiger partial charge in [0.15, 0.2) is 34.0 Å². The molecule has 0 bridgehead atoms. The zero-order valence-corrected chi connectivity index (χ0v) is 39.3. The van der Waals surface area contributed by atoms with E-state index >= 15 is 0 Å². The highest BCUT2D eigenvalue weighted by Gasteiger charge is 2.46. The quantitative estimate of drug-likeness (QED) is 0.170. The van der Waals surface area contributed by atoms with Crippen molar-refractivity contribution in [2.24, 2.45) is 28.2 Å². The van der Waals surface area contributed by atoms with E-state index in [1.807, 2.05) is 0 Å². The monoisotopic (exact) mass is 1030 g/mol. The molecule has 2 aliphatic rings. The Balaban J connectivity index is 0.000000177. The van der Waals surface area contributed by atoms with Crippen molar-refractivity contribution < 1.29 is 32.3 Å². The van der Waals surface area contributed by atoms with Crippen molar-refractivity contribution in [2.45, 2.75) is 45.2 Å². The van der Waals surface area contributed by atoms with Gasteiger partial charge in [-0.25, -0.2) is 81.8 Å². The molecule has 2 aliphatic heterocycles. The highest BCUT2D eigenvalue weighted by Crippen LogP contribution is 2.31. The lowest BCUT2D eigenvalue weighted by Gasteiger charge is -2.38. The molecule has 31 heteroatoms. The van der Waals surface area contributed by atoms with Gasteiger partial charge in [0.2, 0.25) is 17.8 Å². The zero-order chi connectivity index (χ0) is 52.8. The van der Waals surface area contributed by atoms with Crippen LogP contribution in [0.3, 0.4) is 0 Å². The summed E-state index contributed by atoms with van der Waals surface area (Å²) in [4.78, 5) is 116. The number of nitrogens with one attached hydrogen (secondary N) is 1. The molecule has 2 saturated heterocycles. The predicted octanol–water partition coefficient (Wildman–Crippen LogP) is 1.02. The van der Waals surface area contributed by atoms with E-state index in [2.05, 4.69) is 55.2 Å². The number of hydrogen-bond donors (Lipinski definition) is 3. The average Bonchev–Trinajstić information content (AvgIpc) is 4.01. The fourth-order valence-electron chi connectivity index (χ4n) is 7.38.